The lowest BCUT2D eigenvalue weighted by atomic mass is 10.1. The summed E-state index contributed by atoms with van der Waals surface area (Å²) in [6, 6.07) is 10.1. The van der Waals surface area contributed by atoms with Crippen molar-refractivity contribution in [2.24, 2.45) is 0 Å². The van der Waals surface area contributed by atoms with Gasteiger partial charge in [0.1, 0.15) is 11.5 Å². The van der Waals surface area contributed by atoms with Crippen molar-refractivity contribution in [2.45, 2.75) is 31.4 Å². The quantitative estimate of drug-likeness (QED) is 0.667. The monoisotopic (exact) mass is 447 g/mol. The fraction of sp³-hybridized carbons (Fsp3) is 0.333. The number of fused-ring (bicyclic) bond motifs is 1. The first kappa shape index (κ1) is 22.6. The Bertz CT molecular complexity index is 1120. The molecule has 0 spiro atoms. The Morgan fingerprint density at radius 3 is 2.74 bits per heavy atom. The summed E-state index contributed by atoms with van der Waals surface area (Å²) in [5, 5.41) is 5.39. The zero-order chi connectivity index (χ0) is 22.8. The number of rotatable bonds is 7. The second-order valence-electron chi connectivity index (χ2n) is 7.25. The summed E-state index contributed by atoms with van der Waals surface area (Å²) in [5.41, 5.74) is 1.68. The molecule has 2 amide bonds. The summed E-state index contributed by atoms with van der Waals surface area (Å²) >= 11 is 0. The molecule has 1 heterocycles. The van der Waals surface area contributed by atoms with Crippen molar-refractivity contribution in [3.63, 3.8) is 0 Å². The molecule has 0 saturated carbocycles. The minimum Gasteiger partial charge on any atom is -0.497 e. The predicted octanol–water partition coefficient (Wildman–Crippen LogP) is 1.66. The van der Waals surface area contributed by atoms with E-state index in [-0.39, 0.29) is 29.6 Å². The smallest absolute Gasteiger partial charge is 0.265 e. The van der Waals surface area contributed by atoms with Crippen LogP contribution in [0.3, 0.4) is 0 Å². The van der Waals surface area contributed by atoms with Gasteiger partial charge in [-0.05, 0) is 43.2 Å². The summed E-state index contributed by atoms with van der Waals surface area (Å²) in [5.74, 6) is 0.197. The van der Waals surface area contributed by atoms with Crippen LogP contribution in [0.1, 0.15) is 18.1 Å². The van der Waals surface area contributed by atoms with E-state index in [1.165, 1.54) is 13.1 Å². The number of methoxy groups -OCH3 is 1. The third-order valence-electron chi connectivity index (χ3n) is 4.89. The Balaban J connectivity index is 1.70. The van der Waals surface area contributed by atoms with Gasteiger partial charge in [0.05, 0.1) is 24.2 Å². The number of amides is 2. The number of aryl methyl sites for hydroxylation is 1. The molecule has 1 aliphatic rings. The molecule has 1 atom stereocenters. The minimum atomic E-state index is -3.96. The van der Waals surface area contributed by atoms with E-state index in [0.717, 1.165) is 9.87 Å². The van der Waals surface area contributed by atoms with E-state index in [2.05, 4.69) is 10.6 Å². The Morgan fingerprint density at radius 1 is 1.29 bits per heavy atom. The van der Waals surface area contributed by atoms with Crippen molar-refractivity contribution in [3.8, 4) is 11.5 Å². The maximum Gasteiger partial charge on any atom is 0.265 e. The number of carbonyl (C=O) groups is 2. The maximum atomic E-state index is 13.1. The second-order valence-corrected chi connectivity index (χ2v) is 9.27. The third kappa shape index (κ3) is 4.97. The molecule has 2 N–H and O–H groups in total. The van der Waals surface area contributed by atoms with Crippen LogP contribution in [0.4, 0.5) is 5.69 Å². The van der Waals surface area contributed by atoms with Gasteiger partial charge in [-0.15, -0.1) is 0 Å². The Hall–Kier alpha value is -3.11. The zero-order valence-corrected chi connectivity index (χ0v) is 18.6. The van der Waals surface area contributed by atoms with Gasteiger partial charge < -0.3 is 20.1 Å². The lowest BCUT2D eigenvalue weighted by molar-refractivity contribution is -0.123. The zero-order valence-electron chi connectivity index (χ0n) is 17.8. The number of carbonyl (C=O) groups excluding carboxylic acids is 2. The van der Waals surface area contributed by atoms with Crippen LogP contribution < -0.4 is 20.1 Å². The Kier molecular flexibility index (Phi) is 6.51. The van der Waals surface area contributed by atoms with Crippen LogP contribution in [0.15, 0.2) is 41.3 Å². The summed E-state index contributed by atoms with van der Waals surface area (Å²) in [7, 11) is -1.07. The van der Waals surface area contributed by atoms with E-state index in [1.807, 2.05) is 6.07 Å². The van der Waals surface area contributed by atoms with E-state index in [1.54, 1.807) is 45.2 Å². The van der Waals surface area contributed by atoms with Gasteiger partial charge in [-0.3, -0.25) is 9.59 Å². The van der Waals surface area contributed by atoms with Crippen molar-refractivity contribution < 1.29 is 27.5 Å². The van der Waals surface area contributed by atoms with Crippen LogP contribution in [-0.2, 0) is 26.2 Å². The molecule has 31 heavy (non-hydrogen) atoms. The van der Waals surface area contributed by atoms with Gasteiger partial charge in [-0.1, -0.05) is 12.1 Å². The maximum absolute atomic E-state index is 13.1. The largest absolute Gasteiger partial charge is 0.497 e. The van der Waals surface area contributed by atoms with Crippen molar-refractivity contribution in [3.05, 3.63) is 47.5 Å². The number of anilines is 1. The number of nitrogens with one attached hydrogen (secondary N) is 2. The van der Waals surface area contributed by atoms with E-state index >= 15 is 0 Å². The molecule has 0 fully saturated rings. The molecule has 0 saturated heterocycles. The van der Waals surface area contributed by atoms with Gasteiger partial charge in [-0.2, -0.15) is 4.31 Å². The van der Waals surface area contributed by atoms with Gasteiger partial charge in [0.15, 0.2) is 6.10 Å². The molecular formula is C21H25N3O6S. The standard InChI is InChI=1S/C21H25N3O6S/c1-13-8-17-18(30-14(2)21(26)23-17)10-19(13)31(27,28)24(3)12-20(25)22-11-15-6-5-7-16(9-15)29-4/h5-10,14H,11-12H2,1-4H3,(H,22,25)(H,23,26)/t14-/m0/s1. The van der Waals surface area contributed by atoms with Crippen molar-refractivity contribution in [1.82, 2.24) is 9.62 Å². The SMILES string of the molecule is COc1cccc(CNC(=O)CN(C)S(=O)(=O)c2cc3c(cc2C)NC(=O)[C@H](C)O3)c1. The van der Waals surface area contributed by atoms with Gasteiger partial charge >= 0.3 is 0 Å². The van der Waals surface area contributed by atoms with Gasteiger partial charge in [0.2, 0.25) is 15.9 Å². The number of ether oxygens (including phenoxy) is 2. The number of benzene rings is 2. The van der Waals surface area contributed by atoms with Crippen molar-refractivity contribution in [1.29, 1.82) is 0 Å². The first-order valence-electron chi connectivity index (χ1n) is 9.60. The topological polar surface area (TPSA) is 114 Å². The van der Waals surface area contributed by atoms with Crippen LogP contribution in [0.2, 0.25) is 0 Å². The molecule has 9 nitrogen and oxygen atoms in total. The lowest BCUT2D eigenvalue weighted by Crippen LogP contribution is -2.38. The number of hydrogen-bond donors (Lipinski definition) is 2. The average Bonchev–Trinajstić information content (AvgIpc) is 2.73. The van der Waals surface area contributed by atoms with Gasteiger partial charge in [-0.25, -0.2) is 8.42 Å². The van der Waals surface area contributed by atoms with Gasteiger partial charge in [0.25, 0.3) is 5.91 Å². The Labute approximate surface area is 181 Å². The first-order valence-corrected chi connectivity index (χ1v) is 11.0. The number of sulfonamides is 1. The summed E-state index contributed by atoms with van der Waals surface area (Å²) in [6.07, 6.45) is -0.731. The summed E-state index contributed by atoms with van der Waals surface area (Å²) < 4.78 is 37.8. The molecule has 0 unspecified atom stereocenters. The summed E-state index contributed by atoms with van der Waals surface area (Å²) in [4.78, 5) is 24.1. The number of hydrogen-bond acceptors (Lipinski definition) is 6. The van der Waals surface area contributed by atoms with Crippen LogP contribution in [-0.4, -0.2) is 51.3 Å². The molecule has 10 heteroatoms. The fourth-order valence-electron chi connectivity index (χ4n) is 3.11. The van der Waals surface area contributed by atoms with E-state index in [9.17, 15) is 18.0 Å². The highest BCUT2D eigenvalue weighted by Gasteiger charge is 2.30. The summed E-state index contributed by atoms with van der Waals surface area (Å²) in [6.45, 7) is 3.09. The van der Waals surface area contributed by atoms with Crippen LogP contribution in [0.25, 0.3) is 0 Å². The van der Waals surface area contributed by atoms with E-state index in [4.69, 9.17) is 9.47 Å². The molecule has 1 aliphatic heterocycles. The molecule has 0 aliphatic carbocycles. The highest BCUT2D eigenvalue weighted by molar-refractivity contribution is 7.89. The predicted molar refractivity (Wildman–Crippen MR) is 115 cm³/mol. The van der Waals surface area contributed by atoms with Crippen molar-refractivity contribution >= 4 is 27.5 Å². The Morgan fingerprint density at radius 2 is 2.03 bits per heavy atom. The van der Waals surface area contributed by atoms with Crippen LogP contribution in [0.5, 0.6) is 11.5 Å². The first-order chi connectivity index (χ1) is 14.6. The highest BCUT2D eigenvalue weighted by Crippen LogP contribution is 2.35. The number of nitrogens with zero attached hydrogens (tertiary/aromatic N) is 1. The van der Waals surface area contributed by atoms with Gasteiger partial charge in [0, 0.05) is 19.7 Å². The molecule has 3 rings (SSSR count). The van der Waals surface area contributed by atoms with Crippen molar-refractivity contribution in [2.75, 3.05) is 26.0 Å². The molecule has 0 aromatic heterocycles. The molecule has 0 bridgehead atoms. The number of likely N-dealkylation sites (N-methyl/N-ethyl adjacent to an activating group) is 1. The third-order valence-corrected chi connectivity index (χ3v) is 6.83. The normalized spacial score (nSPS) is 15.6. The lowest BCUT2D eigenvalue weighted by Gasteiger charge is -2.25. The average molecular weight is 448 g/mol. The molecule has 166 valence electrons. The van der Waals surface area contributed by atoms with E-state index < -0.39 is 22.0 Å². The highest BCUT2D eigenvalue weighted by atomic mass is 32.2. The van der Waals surface area contributed by atoms with Crippen LogP contribution >= 0.6 is 0 Å². The molecule has 2 aromatic rings. The fourth-order valence-corrected chi connectivity index (χ4v) is 4.46. The molecule has 0 radical (unpaired) electrons. The second kappa shape index (κ2) is 8.94. The molecular weight excluding hydrogens is 422 g/mol. The molecule has 2 aromatic carbocycles. The van der Waals surface area contributed by atoms with Crippen LogP contribution in [0, 0.1) is 6.92 Å². The minimum absolute atomic E-state index is 0.0118. The van der Waals surface area contributed by atoms with E-state index in [0.29, 0.717) is 17.0 Å².